The maximum absolute atomic E-state index is 12.4. The molecule has 4 aromatic rings. The maximum Gasteiger partial charge on any atom is 0.234 e. The van der Waals surface area contributed by atoms with Gasteiger partial charge in [0.25, 0.3) is 0 Å². The minimum absolute atomic E-state index is 0.129. The Morgan fingerprint density at radius 2 is 1.81 bits per heavy atom. The van der Waals surface area contributed by atoms with E-state index in [9.17, 15) is 4.79 Å². The summed E-state index contributed by atoms with van der Waals surface area (Å²) in [5.74, 6) is 1.33. The van der Waals surface area contributed by atoms with Gasteiger partial charge in [-0.3, -0.25) is 9.36 Å². The second kappa shape index (κ2) is 9.68. The average Bonchev–Trinajstić information content (AvgIpc) is 3.22. The molecule has 1 heterocycles. The average molecular weight is 451 g/mol. The van der Waals surface area contributed by atoms with E-state index in [4.69, 9.17) is 16.3 Å². The highest BCUT2D eigenvalue weighted by Crippen LogP contribution is 2.33. The first-order valence-corrected chi connectivity index (χ1v) is 10.8. The van der Waals surface area contributed by atoms with Gasteiger partial charge in [0, 0.05) is 10.7 Å². The fourth-order valence-corrected chi connectivity index (χ4v) is 4.00. The molecule has 0 spiro atoms. The summed E-state index contributed by atoms with van der Waals surface area (Å²) in [6, 6.07) is 24.3. The molecule has 6 nitrogen and oxygen atoms in total. The second-order valence-electron chi connectivity index (χ2n) is 6.52. The number of amides is 1. The number of carbonyl (C=O) groups excluding carboxylic acids is 1. The Labute approximate surface area is 189 Å². The van der Waals surface area contributed by atoms with Gasteiger partial charge in [0.05, 0.1) is 24.1 Å². The molecule has 31 heavy (non-hydrogen) atoms. The van der Waals surface area contributed by atoms with Crippen LogP contribution < -0.4 is 10.1 Å². The van der Waals surface area contributed by atoms with Crippen molar-refractivity contribution in [2.24, 2.45) is 0 Å². The number of rotatable bonds is 7. The normalized spacial score (nSPS) is 10.6. The first kappa shape index (κ1) is 21.0. The van der Waals surface area contributed by atoms with Gasteiger partial charge in [-0.15, -0.1) is 10.2 Å². The van der Waals surface area contributed by atoms with Crippen molar-refractivity contribution in [3.05, 3.63) is 83.9 Å². The minimum atomic E-state index is -0.129. The molecule has 0 fully saturated rings. The molecular weight excluding hydrogens is 432 g/mol. The summed E-state index contributed by atoms with van der Waals surface area (Å²) < 4.78 is 7.39. The van der Waals surface area contributed by atoms with Crippen LogP contribution in [0.3, 0.4) is 0 Å². The lowest BCUT2D eigenvalue weighted by molar-refractivity contribution is -0.113. The van der Waals surface area contributed by atoms with Gasteiger partial charge in [-0.2, -0.15) is 0 Å². The monoisotopic (exact) mass is 450 g/mol. The van der Waals surface area contributed by atoms with E-state index >= 15 is 0 Å². The summed E-state index contributed by atoms with van der Waals surface area (Å²) in [4.78, 5) is 12.4. The molecule has 8 heteroatoms. The Morgan fingerprint density at radius 3 is 2.58 bits per heavy atom. The highest BCUT2D eigenvalue weighted by molar-refractivity contribution is 7.99. The zero-order valence-electron chi connectivity index (χ0n) is 16.7. The first-order chi connectivity index (χ1) is 15.2. The number of para-hydroxylation sites is 2. The third-order valence-electron chi connectivity index (χ3n) is 4.44. The van der Waals surface area contributed by atoms with E-state index in [0.717, 1.165) is 16.9 Å². The SMILES string of the molecule is COc1ccccc1-c1nnc(SCC(=O)Nc2ccccc2)n1-c1cccc(Cl)c1. The van der Waals surface area contributed by atoms with Gasteiger partial charge in [-0.05, 0) is 42.5 Å². The van der Waals surface area contributed by atoms with Gasteiger partial charge >= 0.3 is 0 Å². The van der Waals surface area contributed by atoms with Crippen LogP contribution in [-0.2, 0) is 4.79 Å². The molecule has 156 valence electrons. The molecule has 1 aromatic heterocycles. The van der Waals surface area contributed by atoms with Gasteiger partial charge in [-0.1, -0.05) is 59.8 Å². The molecule has 0 aliphatic heterocycles. The summed E-state index contributed by atoms with van der Waals surface area (Å²) in [5.41, 5.74) is 2.33. The van der Waals surface area contributed by atoms with E-state index in [0.29, 0.717) is 21.8 Å². The van der Waals surface area contributed by atoms with Crippen LogP contribution in [0.2, 0.25) is 5.02 Å². The van der Waals surface area contributed by atoms with Crippen LogP contribution in [0.4, 0.5) is 5.69 Å². The Morgan fingerprint density at radius 1 is 1.03 bits per heavy atom. The van der Waals surface area contributed by atoms with E-state index in [1.54, 1.807) is 13.2 Å². The molecule has 4 rings (SSSR count). The number of carbonyl (C=O) groups is 1. The lowest BCUT2D eigenvalue weighted by Crippen LogP contribution is -2.14. The summed E-state index contributed by atoms with van der Waals surface area (Å²) in [6.45, 7) is 0. The van der Waals surface area contributed by atoms with Crippen molar-refractivity contribution in [3.63, 3.8) is 0 Å². The number of aromatic nitrogens is 3. The quantitative estimate of drug-likeness (QED) is 0.385. The van der Waals surface area contributed by atoms with Gasteiger partial charge in [0.2, 0.25) is 5.91 Å². The highest BCUT2D eigenvalue weighted by Gasteiger charge is 2.20. The Balaban J connectivity index is 1.66. The first-order valence-electron chi connectivity index (χ1n) is 9.48. The number of anilines is 1. The van der Waals surface area contributed by atoms with E-state index in [-0.39, 0.29) is 11.7 Å². The molecule has 0 unspecified atom stereocenters. The van der Waals surface area contributed by atoms with E-state index < -0.39 is 0 Å². The van der Waals surface area contributed by atoms with Crippen molar-refractivity contribution < 1.29 is 9.53 Å². The number of benzene rings is 3. The van der Waals surface area contributed by atoms with E-state index in [1.807, 2.05) is 77.4 Å². The molecule has 1 amide bonds. The predicted octanol–water partition coefficient (Wildman–Crippen LogP) is 5.33. The Hall–Kier alpha value is -3.29. The molecule has 0 saturated heterocycles. The van der Waals surface area contributed by atoms with Crippen LogP contribution in [0.5, 0.6) is 5.75 Å². The number of hydrogen-bond acceptors (Lipinski definition) is 5. The number of nitrogens with zero attached hydrogens (tertiary/aromatic N) is 3. The fraction of sp³-hybridized carbons (Fsp3) is 0.0870. The third-order valence-corrected chi connectivity index (χ3v) is 5.60. The van der Waals surface area contributed by atoms with Crippen molar-refractivity contribution in [1.29, 1.82) is 0 Å². The molecule has 3 aromatic carbocycles. The summed E-state index contributed by atoms with van der Waals surface area (Å²) >= 11 is 7.54. The number of methoxy groups -OCH3 is 1. The van der Waals surface area contributed by atoms with E-state index in [2.05, 4.69) is 15.5 Å². The number of ether oxygens (including phenoxy) is 1. The van der Waals surface area contributed by atoms with Gasteiger partial charge in [-0.25, -0.2) is 0 Å². The fourth-order valence-electron chi connectivity index (χ4n) is 3.06. The third kappa shape index (κ3) is 4.90. The molecular formula is C23H19ClN4O2S. The largest absolute Gasteiger partial charge is 0.496 e. The number of halogens is 1. The van der Waals surface area contributed by atoms with Crippen LogP contribution in [0.25, 0.3) is 17.1 Å². The molecule has 0 bridgehead atoms. The lowest BCUT2D eigenvalue weighted by Gasteiger charge is -2.12. The van der Waals surface area contributed by atoms with Crippen molar-refractivity contribution in [1.82, 2.24) is 14.8 Å². The lowest BCUT2D eigenvalue weighted by atomic mass is 10.2. The van der Waals surface area contributed by atoms with Crippen LogP contribution >= 0.6 is 23.4 Å². The molecule has 1 N–H and O–H groups in total. The molecule has 0 aliphatic rings. The number of thioether (sulfide) groups is 1. The van der Waals surface area contributed by atoms with Crippen molar-refractivity contribution in [3.8, 4) is 22.8 Å². The highest BCUT2D eigenvalue weighted by atomic mass is 35.5. The Kier molecular flexibility index (Phi) is 6.54. The standard InChI is InChI=1S/C23H19ClN4O2S/c1-30-20-13-6-5-12-19(20)22-26-27-23(28(22)18-11-7-8-16(24)14-18)31-15-21(29)25-17-9-3-2-4-10-17/h2-14H,15H2,1H3,(H,25,29). The smallest absolute Gasteiger partial charge is 0.234 e. The second-order valence-corrected chi connectivity index (χ2v) is 7.90. The maximum atomic E-state index is 12.4. The summed E-state index contributed by atoms with van der Waals surface area (Å²) in [5, 5.41) is 12.8. The van der Waals surface area contributed by atoms with Gasteiger partial charge in [0.1, 0.15) is 5.75 Å². The molecule has 0 atom stereocenters. The topological polar surface area (TPSA) is 69.0 Å². The number of nitrogens with one attached hydrogen (secondary N) is 1. The zero-order valence-corrected chi connectivity index (χ0v) is 18.2. The molecule has 0 radical (unpaired) electrons. The van der Waals surface area contributed by atoms with Crippen molar-refractivity contribution in [2.45, 2.75) is 5.16 Å². The molecule has 0 aliphatic carbocycles. The van der Waals surface area contributed by atoms with E-state index in [1.165, 1.54) is 11.8 Å². The summed E-state index contributed by atoms with van der Waals surface area (Å²) in [7, 11) is 1.61. The van der Waals surface area contributed by atoms with Crippen molar-refractivity contribution >= 4 is 35.0 Å². The van der Waals surface area contributed by atoms with Crippen LogP contribution in [0.1, 0.15) is 0 Å². The van der Waals surface area contributed by atoms with Crippen molar-refractivity contribution in [2.75, 3.05) is 18.2 Å². The zero-order chi connectivity index (χ0) is 21.6. The Bertz CT molecular complexity index is 1200. The minimum Gasteiger partial charge on any atom is -0.496 e. The van der Waals surface area contributed by atoms with Gasteiger partial charge < -0.3 is 10.1 Å². The van der Waals surface area contributed by atoms with Crippen LogP contribution in [0.15, 0.2) is 84.0 Å². The molecule has 0 saturated carbocycles. The van der Waals surface area contributed by atoms with Crippen LogP contribution in [-0.4, -0.2) is 33.5 Å². The predicted molar refractivity (Wildman–Crippen MR) is 124 cm³/mol. The summed E-state index contributed by atoms with van der Waals surface area (Å²) in [6.07, 6.45) is 0. The number of hydrogen-bond donors (Lipinski definition) is 1. The van der Waals surface area contributed by atoms with Gasteiger partial charge in [0.15, 0.2) is 11.0 Å². The van der Waals surface area contributed by atoms with Crippen LogP contribution in [0, 0.1) is 0 Å².